The Morgan fingerprint density at radius 2 is 2.00 bits per heavy atom. The van der Waals surface area contributed by atoms with Gasteiger partial charge in [0.2, 0.25) is 0 Å². The van der Waals surface area contributed by atoms with Crippen LogP contribution >= 0.6 is 0 Å². The van der Waals surface area contributed by atoms with E-state index in [1.165, 1.54) is 6.42 Å². The maximum atomic E-state index is 10.8. The number of amides is 1. The van der Waals surface area contributed by atoms with Crippen molar-refractivity contribution in [2.24, 2.45) is 5.73 Å². The van der Waals surface area contributed by atoms with Gasteiger partial charge in [0.1, 0.15) is 5.60 Å². The van der Waals surface area contributed by atoms with Gasteiger partial charge in [-0.1, -0.05) is 19.8 Å². The van der Waals surface area contributed by atoms with Crippen LogP contribution in [0.5, 0.6) is 0 Å². The van der Waals surface area contributed by atoms with Gasteiger partial charge < -0.3 is 10.5 Å². The predicted molar refractivity (Wildman–Crippen MR) is 56.0 cm³/mol. The fourth-order valence-corrected chi connectivity index (χ4v) is 2.31. The second-order valence-corrected chi connectivity index (χ2v) is 4.27. The normalized spacial score (nSPS) is 20.4. The number of hydrogen-bond acceptors (Lipinski definition) is 2. The lowest BCUT2D eigenvalue weighted by Crippen LogP contribution is -2.39. The number of hydrogen-bond donors (Lipinski definition) is 1. The number of unbranched alkanes of at least 4 members (excludes halogenated alkanes) is 1. The minimum absolute atomic E-state index is 0.222. The smallest absolute Gasteiger partial charge is 0.405 e. The molecule has 3 heteroatoms. The molecule has 0 aromatic rings. The van der Waals surface area contributed by atoms with Crippen molar-refractivity contribution in [3.8, 4) is 0 Å². The van der Waals surface area contributed by atoms with E-state index in [0.717, 1.165) is 44.9 Å². The molecule has 1 aliphatic carbocycles. The zero-order valence-electron chi connectivity index (χ0n) is 9.05. The molecule has 0 unspecified atom stereocenters. The number of carbonyl (C=O) groups is 1. The second-order valence-electron chi connectivity index (χ2n) is 4.27. The largest absolute Gasteiger partial charge is 0.443 e. The highest BCUT2D eigenvalue weighted by molar-refractivity contribution is 5.65. The summed E-state index contributed by atoms with van der Waals surface area (Å²) in [5.41, 5.74) is 4.90. The third-order valence-corrected chi connectivity index (χ3v) is 3.07. The maximum Gasteiger partial charge on any atom is 0.405 e. The van der Waals surface area contributed by atoms with Gasteiger partial charge in [-0.2, -0.15) is 0 Å². The molecule has 0 aliphatic heterocycles. The summed E-state index contributed by atoms with van der Waals surface area (Å²) in [6.45, 7) is 2.15. The molecule has 0 aromatic carbocycles. The summed E-state index contributed by atoms with van der Waals surface area (Å²) in [6.07, 6.45) is 8.21. The molecule has 1 aliphatic rings. The summed E-state index contributed by atoms with van der Waals surface area (Å²) in [4.78, 5) is 10.8. The first-order chi connectivity index (χ1) is 6.68. The molecule has 82 valence electrons. The standard InChI is InChI=1S/C11H21NO2/c1-2-3-7-11(14-10(12)13)8-5-4-6-9-11/h2-9H2,1H3,(H2,12,13). The van der Waals surface area contributed by atoms with Crippen LogP contribution in [0.4, 0.5) is 4.79 Å². The molecule has 1 amide bonds. The van der Waals surface area contributed by atoms with E-state index in [0.29, 0.717) is 0 Å². The van der Waals surface area contributed by atoms with Gasteiger partial charge in [-0.3, -0.25) is 0 Å². The highest BCUT2D eigenvalue weighted by Crippen LogP contribution is 2.35. The van der Waals surface area contributed by atoms with Crippen LogP contribution in [0, 0.1) is 0 Å². The van der Waals surface area contributed by atoms with Gasteiger partial charge in [-0.25, -0.2) is 4.79 Å². The highest BCUT2D eigenvalue weighted by Gasteiger charge is 2.34. The van der Waals surface area contributed by atoms with E-state index < -0.39 is 6.09 Å². The molecule has 0 radical (unpaired) electrons. The lowest BCUT2D eigenvalue weighted by Gasteiger charge is -2.36. The summed E-state index contributed by atoms with van der Waals surface area (Å²) in [5, 5.41) is 0. The number of carbonyl (C=O) groups excluding carboxylic acids is 1. The molecule has 3 nitrogen and oxygen atoms in total. The van der Waals surface area contributed by atoms with Gasteiger partial charge in [0.05, 0.1) is 0 Å². The summed E-state index contributed by atoms with van der Waals surface area (Å²) in [5.74, 6) is 0. The average molecular weight is 199 g/mol. The van der Waals surface area contributed by atoms with Crippen LogP contribution in [0.1, 0.15) is 58.3 Å². The first-order valence-corrected chi connectivity index (χ1v) is 5.67. The van der Waals surface area contributed by atoms with Crippen molar-refractivity contribution in [3.63, 3.8) is 0 Å². The molecule has 0 saturated heterocycles. The van der Waals surface area contributed by atoms with Crippen molar-refractivity contribution >= 4 is 6.09 Å². The Morgan fingerprint density at radius 1 is 1.36 bits per heavy atom. The quantitative estimate of drug-likeness (QED) is 0.756. The minimum Gasteiger partial charge on any atom is -0.443 e. The molecule has 0 atom stereocenters. The van der Waals surface area contributed by atoms with E-state index in [1.54, 1.807) is 0 Å². The fraction of sp³-hybridized carbons (Fsp3) is 0.909. The SMILES string of the molecule is CCCCC1(OC(N)=O)CCCCC1. The highest BCUT2D eigenvalue weighted by atomic mass is 16.6. The van der Waals surface area contributed by atoms with Gasteiger partial charge in [-0.15, -0.1) is 0 Å². The van der Waals surface area contributed by atoms with Crippen molar-refractivity contribution in [1.29, 1.82) is 0 Å². The van der Waals surface area contributed by atoms with E-state index in [4.69, 9.17) is 10.5 Å². The lowest BCUT2D eigenvalue weighted by atomic mass is 9.81. The maximum absolute atomic E-state index is 10.8. The van der Waals surface area contributed by atoms with E-state index >= 15 is 0 Å². The molecular weight excluding hydrogens is 178 g/mol. The Hall–Kier alpha value is -0.730. The number of ether oxygens (including phenoxy) is 1. The lowest BCUT2D eigenvalue weighted by molar-refractivity contribution is -0.0199. The minimum atomic E-state index is -0.608. The molecule has 1 saturated carbocycles. The van der Waals surface area contributed by atoms with Crippen LogP contribution in [-0.4, -0.2) is 11.7 Å². The Labute approximate surface area is 86.0 Å². The van der Waals surface area contributed by atoms with Gasteiger partial charge in [0, 0.05) is 0 Å². The van der Waals surface area contributed by atoms with Crippen molar-refractivity contribution in [1.82, 2.24) is 0 Å². The van der Waals surface area contributed by atoms with Crippen molar-refractivity contribution in [3.05, 3.63) is 0 Å². The molecule has 1 fully saturated rings. The number of rotatable bonds is 4. The zero-order valence-corrected chi connectivity index (χ0v) is 9.05. The molecule has 2 N–H and O–H groups in total. The van der Waals surface area contributed by atoms with Crippen molar-refractivity contribution < 1.29 is 9.53 Å². The Balaban J connectivity index is 2.52. The third kappa shape index (κ3) is 3.20. The fourth-order valence-electron chi connectivity index (χ4n) is 2.31. The Kier molecular flexibility index (Phi) is 4.23. The first kappa shape index (κ1) is 11.3. The van der Waals surface area contributed by atoms with Crippen LogP contribution in [0.2, 0.25) is 0 Å². The summed E-state index contributed by atoms with van der Waals surface area (Å²) < 4.78 is 5.32. The molecule has 1 rings (SSSR count). The van der Waals surface area contributed by atoms with E-state index in [9.17, 15) is 4.79 Å². The zero-order chi connectivity index (χ0) is 10.4. The van der Waals surface area contributed by atoms with Gasteiger partial charge in [-0.05, 0) is 38.5 Å². The monoisotopic (exact) mass is 199 g/mol. The summed E-state index contributed by atoms with van der Waals surface area (Å²) >= 11 is 0. The second kappa shape index (κ2) is 5.23. The molecule has 0 spiro atoms. The number of primary amides is 1. The van der Waals surface area contributed by atoms with Crippen LogP contribution in [0.25, 0.3) is 0 Å². The van der Waals surface area contributed by atoms with E-state index in [-0.39, 0.29) is 5.60 Å². The van der Waals surface area contributed by atoms with Crippen LogP contribution in [-0.2, 0) is 4.74 Å². The summed E-state index contributed by atoms with van der Waals surface area (Å²) in [6, 6.07) is 0. The van der Waals surface area contributed by atoms with E-state index in [1.807, 2.05) is 0 Å². The average Bonchev–Trinajstić information content (AvgIpc) is 2.15. The van der Waals surface area contributed by atoms with Crippen LogP contribution < -0.4 is 5.73 Å². The molecule has 0 bridgehead atoms. The van der Waals surface area contributed by atoms with Gasteiger partial charge in [0.15, 0.2) is 0 Å². The molecule has 14 heavy (non-hydrogen) atoms. The Bertz CT molecular complexity index is 186. The Morgan fingerprint density at radius 3 is 2.50 bits per heavy atom. The molecular formula is C11H21NO2. The number of nitrogens with two attached hydrogens (primary N) is 1. The van der Waals surface area contributed by atoms with Crippen LogP contribution in [0.15, 0.2) is 0 Å². The van der Waals surface area contributed by atoms with Crippen molar-refractivity contribution in [2.75, 3.05) is 0 Å². The van der Waals surface area contributed by atoms with Gasteiger partial charge >= 0.3 is 6.09 Å². The van der Waals surface area contributed by atoms with Crippen molar-refractivity contribution in [2.45, 2.75) is 63.9 Å². The molecule has 0 aromatic heterocycles. The predicted octanol–water partition coefficient (Wildman–Crippen LogP) is 2.97. The van der Waals surface area contributed by atoms with Crippen LogP contribution in [0.3, 0.4) is 0 Å². The van der Waals surface area contributed by atoms with E-state index in [2.05, 4.69) is 6.92 Å². The topological polar surface area (TPSA) is 52.3 Å². The first-order valence-electron chi connectivity index (χ1n) is 5.67. The third-order valence-electron chi connectivity index (χ3n) is 3.07. The summed E-state index contributed by atoms with van der Waals surface area (Å²) in [7, 11) is 0. The molecule has 0 heterocycles. The van der Waals surface area contributed by atoms with Gasteiger partial charge in [0.25, 0.3) is 0 Å².